The summed E-state index contributed by atoms with van der Waals surface area (Å²) in [7, 11) is 0. The Morgan fingerprint density at radius 2 is 2.36 bits per heavy atom. The fourth-order valence-corrected chi connectivity index (χ4v) is 0.719. The largest absolute Gasteiger partial charge is 0.409 e. The molecule has 1 amide bonds. The van der Waals surface area contributed by atoms with E-state index in [0.717, 1.165) is 0 Å². The van der Waals surface area contributed by atoms with Crippen LogP contribution in [0.15, 0.2) is 12.3 Å². The van der Waals surface area contributed by atoms with Gasteiger partial charge in [0, 0.05) is 6.20 Å². The second-order valence-electron chi connectivity index (χ2n) is 2.03. The molecule has 0 aromatic carbocycles. The predicted molar refractivity (Wildman–Crippen MR) is 51.0 cm³/mol. The Morgan fingerprint density at radius 1 is 1.57 bits per heavy atom. The van der Waals surface area contributed by atoms with Gasteiger partial charge in [-0.15, -0.1) is 0 Å². The van der Waals surface area contributed by atoms with Crippen LogP contribution in [-0.2, 0) is 9.59 Å². The average molecular weight is 211 g/mol. The molecule has 1 aromatic heterocycles. The van der Waals surface area contributed by atoms with E-state index >= 15 is 0 Å². The first-order chi connectivity index (χ1) is 6.76. The number of ether oxygens (including phenoxy) is 1. The van der Waals surface area contributed by atoms with Crippen LogP contribution in [0.4, 0.5) is 5.82 Å². The van der Waals surface area contributed by atoms with Crippen LogP contribution in [0.2, 0.25) is 0 Å². The zero-order valence-corrected chi connectivity index (χ0v) is 7.65. The van der Waals surface area contributed by atoms with E-state index in [9.17, 15) is 9.59 Å². The smallest absolute Gasteiger partial charge is 0.324 e. The highest BCUT2D eigenvalue weighted by Gasteiger charge is 2.02. The highest BCUT2D eigenvalue weighted by atomic mass is 32.1. The second-order valence-corrected chi connectivity index (χ2v) is 2.43. The molecule has 1 aromatic rings. The van der Waals surface area contributed by atoms with Crippen molar-refractivity contribution >= 4 is 35.8 Å². The third-order valence-electron chi connectivity index (χ3n) is 1.13. The molecular weight excluding hydrogens is 206 g/mol. The first-order valence-electron chi connectivity index (χ1n) is 3.46. The Labute approximate surface area is 84.3 Å². The van der Waals surface area contributed by atoms with Gasteiger partial charge in [-0.3, -0.25) is 9.59 Å². The first-order valence-corrected chi connectivity index (χ1v) is 3.87. The van der Waals surface area contributed by atoms with Crippen molar-refractivity contribution in [2.24, 2.45) is 0 Å². The molecule has 0 aliphatic carbocycles. The summed E-state index contributed by atoms with van der Waals surface area (Å²) in [6, 6.07) is 1.37. The van der Waals surface area contributed by atoms with Gasteiger partial charge in [-0.05, 0) is 18.3 Å². The SMILES string of the molecule is O=CNc1ccnc(OC(=S)C=O)n1. The number of hydrogen-bond donors (Lipinski definition) is 1. The van der Waals surface area contributed by atoms with E-state index in [-0.39, 0.29) is 16.9 Å². The number of rotatable bonds is 4. The number of aldehydes is 1. The lowest BCUT2D eigenvalue weighted by Crippen LogP contribution is -2.09. The lowest BCUT2D eigenvalue weighted by atomic mass is 10.6. The number of nitrogens with one attached hydrogen (secondary N) is 1. The van der Waals surface area contributed by atoms with Gasteiger partial charge in [-0.1, -0.05) is 0 Å². The number of thiocarbonyl (C=S) groups is 1. The summed E-state index contributed by atoms with van der Waals surface area (Å²) in [4.78, 5) is 27.6. The highest BCUT2D eigenvalue weighted by Crippen LogP contribution is 2.06. The molecular formula is C7H5N3O3S. The molecule has 0 radical (unpaired) electrons. The number of anilines is 1. The molecule has 14 heavy (non-hydrogen) atoms. The quantitative estimate of drug-likeness (QED) is 0.555. The zero-order valence-electron chi connectivity index (χ0n) is 6.84. The average Bonchev–Trinajstić information content (AvgIpc) is 2.19. The van der Waals surface area contributed by atoms with E-state index in [1.54, 1.807) is 0 Å². The molecule has 0 unspecified atom stereocenters. The Morgan fingerprint density at radius 3 is 3.00 bits per heavy atom. The lowest BCUT2D eigenvalue weighted by molar-refractivity contribution is -0.105. The summed E-state index contributed by atoms with van der Waals surface area (Å²) >= 11 is 4.48. The lowest BCUT2D eigenvalue weighted by Gasteiger charge is -2.01. The zero-order chi connectivity index (χ0) is 10.4. The van der Waals surface area contributed by atoms with Crippen molar-refractivity contribution in [1.82, 2.24) is 9.97 Å². The third kappa shape index (κ3) is 2.87. The van der Waals surface area contributed by atoms with Crippen molar-refractivity contribution in [1.29, 1.82) is 0 Å². The van der Waals surface area contributed by atoms with Gasteiger partial charge in [0.05, 0.1) is 0 Å². The molecule has 0 aliphatic rings. The van der Waals surface area contributed by atoms with Gasteiger partial charge in [0.2, 0.25) is 11.5 Å². The Kier molecular flexibility index (Phi) is 3.62. The Bertz CT molecular complexity index is 369. The fourth-order valence-electron chi connectivity index (χ4n) is 0.645. The fraction of sp³-hybridized carbons (Fsp3) is 0. The monoisotopic (exact) mass is 211 g/mol. The molecule has 0 fully saturated rings. The molecule has 0 aliphatic heterocycles. The van der Waals surface area contributed by atoms with E-state index in [2.05, 4.69) is 27.5 Å². The minimum Gasteiger partial charge on any atom is -0.409 e. The number of hydrogen-bond acceptors (Lipinski definition) is 6. The van der Waals surface area contributed by atoms with Gasteiger partial charge in [0.15, 0.2) is 6.29 Å². The molecule has 6 nitrogen and oxygen atoms in total. The molecule has 1 rings (SSSR count). The van der Waals surface area contributed by atoms with E-state index in [1.807, 2.05) is 0 Å². The van der Waals surface area contributed by atoms with E-state index in [4.69, 9.17) is 4.74 Å². The van der Waals surface area contributed by atoms with Crippen LogP contribution in [-0.4, -0.2) is 27.7 Å². The van der Waals surface area contributed by atoms with E-state index < -0.39 is 0 Å². The molecule has 0 saturated carbocycles. The van der Waals surface area contributed by atoms with Gasteiger partial charge in [-0.2, -0.15) is 4.98 Å². The second kappa shape index (κ2) is 4.97. The minimum atomic E-state index is -0.270. The van der Waals surface area contributed by atoms with Crippen molar-refractivity contribution in [2.75, 3.05) is 5.32 Å². The number of amides is 1. The number of carbonyl (C=O) groups is 2. The Hall–Kier alpha value is -1.89. The van der Waals surface area contributed by atoms with Crippen molar-refractivity contribution in [3.05, 3.63) is 12.3 Å². The van der Waals surface area contributed by atoms with E-state index in [0.29, 0.717) is 12.7 Å². The van der Waals surface area contributed by atoms with Gasteiger partial charge >= 0.3 is 6.01 Å². The van der Waals surface area contributed by atoms with Crippen molar-refractivity contribution in [3.63, 3.8) is 0 Å². The molecule has 1 N–H and O–H groups in total. The van der Waals surface area contributed by atoms with E-state index in [1.165, 1.54) is 12.3 Å². The predicted octanol–water partition coefficient (Wildman–Crippen LogP) is -0.0500. The van der Waals surface area contributed by atoms with Crippen LogP contribution in [0.25, 0.3) is 0 Å². The topological polar surface area (TPSA) is 81.2 Å². The van der Waals surface area contributed by atoms with Crippen molar-refractivity contribution in [3.8, 4) is 6.01 Å². The standard InChI is InChI=1S/C7H5N3O3S/c11-3-6(14)13-7-8-2-1-5(10-7)9-4-12/h1-4H,(H,8,9,10,12). The minimum absolute atomic E-state index is 0.0889. The van der Waals surface area contributed by atoms with Gasteiger partial charge in [-0.25, -0.2) is 4.98 Å². The number of aromatic nitrogens is 2. The normalized spacial score (nSPS) is 8.86. The summed E-state index contributed by atoms with van der Waals surface area (Å²) in [5, 5.41) is 2.03. The Balaban J connectivity index is 2.77. The van der Waals surface area contributed by atoms with Gasteiger partial charge < -0.3 is 10.1 Å². The maximum atomic E-state index is 10.1. The number of carbonyl (C=O) groups excluding carboxylic acids is 2. The van der Waals surface area contributed by atoms with Crippen LogP contribution >= 0.6 is 12.2 Å². The van der Waals surface area contributed by atoms with Crippen LogP contribution < -0.4 is 10.1 Å². The van der Waals surface area contributed by atoms with Crippen LogP contribution in [0.5, 0.6) is 6.01 Å². The van der Waals surface area contributed by atoms with Crippen molar-refractivity contribution < 1.29 is 14.3 Å². The highest BCUT2D eigenvalue weighted by molar-refractivity contribution is 7.81. The third-order valence-corrected chi connectivity index (χ3v) is 1.31. The molecule has 7 heteroatoms. The summed E-state index contributed by atoms with van der Waals surface area (Å²) in [6.07, 6.45) is 2.18. The van der Waals surface area contributed by atoms with Crippen LogP contribution in [0, 0.1) is 0 Å². The molecule has 0 spiro atoms. The number of nitrogens with zero attached hydrogens (tertiary/aromatic N) is 2. The summed E-state index contributed by atoms with van der Waals surface area (Å²) < 4.78 is 4.74. The molecule has 0 saturated heterocycles. The van der Waals surface area contributed by atoms with Crippen LogP contribution in [0.3, 0.4) is 0 Å². The van der Waals surface area contributed by atoms with Gasteiger partial charge in [0.1, 0.15) is 5.82 Å². The molecule has 0 atom stereocenters. The maximum absolute atomic E-state index is 10.1. The first kappa shape index (κ1) is 10.2. The molecule has 0 bridgehead atoms. The van der Waals surface area contributed by atoms with Crippen molar-refractivity contribution in [2.45, 2.75) is 0 Å². The summed E-state index contributed by atoms with van der Waals surface area (Å²) in [6.45, 7) is 0. The summed E-state index contributed by atoms with van der Waals surface area (Å²) in [5.74, 6) is 0.263. The molecule has 1 heterocycles. The molecule has 72 valence electrons. The van der Waals surface area contributed by atoms with Gasteiger partial charge in [0.25, 0.3) is 0 Å². The summed E-state index contributed by atoms with van der Waals surface area (Å²) in [5.41, 5.74) is 0. The maximum Gasteiger partial charge on any atom is 0.324 e. The van der Waals surface area contributed by atoms with Crippen LogP contribution in [0.1, 0.15) is 0 Å².